The van der Waals surface area contributed by atoms with Crippen LogP contribution in [0.15, 0.2) is 167 Å². The number of methoxy groups -OCH3 is 1. The summed E-state index contributed by atoms with van der Waals surface area (Å²) in [5, 5.41) is 2.82. The average Bonchev–Trinajstić information content (AvgIpc) is 1.98. The lowest BCUT2D eigenvalue weighted by Crippen LogP contribution is -2.24. The number of fused-ring (bicyclic) bond motifs is 4. The molecule has 7 aromatic carbocycles. The van der Waals surface area contributed by atoms with Crippen LogP contribution in [0.25, 0.3) is 56.1 Å². The Morgan fingerprint density at radius 2 is 1.26 bits per heavy atom. The molecule has 0 amide bonds. The van der Waals surface area contributed by atoms with Crippen molar-refractivity contribution < 1.29 is 57.3 Å². The first-order valence-electron chi connectivity index (χ1n) is 30.2. The van der Waals surface area contributed by atoms with Gasteiger partial charge in [-0.05, 0) is 174 Å². The second-order valence-corrected chi connectivity index (χ2v) is 26.8. The van der Waals surface area contributed by atoms with Gasteiger partial charge in [-0.3, -0.25) is 9.11 Å². The Hall–Kier alpha value is -7.75. The normalized spacial score (nSPS) is 14.1. The van der Waals surface area contributed by atoms with E-state index in [-0.39, 0.29) is 23.7 Å². The van der Waals surface area contributed by atoms with Crippen LogP contribution in [-0.4, -0.2) is 78.9 Å². The zero-order valence-corrected chi connectivity index (χ0v) is 54.4. The molecule has 10 rings (SSSR count). The standard InChI is InChI=1S/C35H40N2O8S2.C31H31NO5S.C4H10/c1-3-36-45-47(41,42)22-10-8-20-37-33-24-27(26-11-5-4-6-12-26)16-19-34(33)44-35(37)25-29-15-14-28-23-30(43-2)17-18-32(28)31(29)13-7-9-21-46(38,39)40;1-5-22(18-31-32(4)27-15-20(2)21(3)16-30(27)37-31)17-29-25(13-14-38(33,34)35)26-19-24(11-12-28(26)36-29)23-9-7-6-8-10-23;1-3-4-2/h4-6,11-12,14-19,23-25,36H,3,7-10,13,20-22H2,1-2H3,(H,38,39,40);6-12,15-19H,5,13-14H2,1-4H3,(H,33,34,35);3-4H2,1-2H3/b35-25-;22-17-,31-18+;. The van der Waals surface area contributed by atoms with Gasteiger partial charge in [0.2, 0.25) is 11.8 Å². The molecular weight excluding hydrogens is 1190 g/mol. The third-order valence-electron chi connectivity index (χ3n) is 15.5. The highest BCUT2D eigenvalue weighted by atomic mass is 32.2. The summed E-state index contributed by atoms with van der Waals surface area (Å²) >= 11 is 0. The fourth-order valence-electron chi connectivity index (χ4n) is 10.3. The van der Waals surface area contributed by atoms with Gasteiger partial charge >= 0.3 is 0 Å². The van der Waals surface area contributed by atoms with Gasteiger partial charge in [0.1, 0.15) is 17.1 Å². The molecule has 19 heteroatoms. The molecule has 0 bridgehead atoms. The highest BCUT2D eigenvalue weighted by Gasteiger charge is 2.29. The molecule has 0 radical (unpaired) electrons. The van der Waals surface area contributed by atoms with E-state index in [9.17, 15) is 34.4 Å². The van der Waals surface area contributed by atoms with Crippen LogP contribution in [-0.2, 0) is 47.5 Å². The molecule has 1 aromatic heterocycles. The number of nitrogens with one attached hydrogen (secondary N) is 1. The van der Waals surface area contributed by atoms with Crippen molar-refractivity contribution in [2.45, 2.75) is 99.3 Å². The number of allylic oxidation sites excluding steroid dienone is 2. The van der Waals surface area contributed by atoms with Crippen LogP contribution in [0.1, 0.15) is 106 Å². The third-order valence-corrected chi connectivity index (χ3v) is 18.2. The van der Waals surface area contributed by atoms with Crippen LogP contribution in [0.3, 0.4) is 0 Å². The molecule has 0 saturated carbocycles. The SMILES string of the molecule is CCC(=C/c1oc2ccc(-c3ccccc3)cc2c1CCS(=O)(=O)O)/C=C1/Oc2cc(C)c(C)cc2N1C.CCCC.CCNOS(=O)(=O)CCCCN1/C(=C/c2ccc3cc(OC)ccc3c2CCCCS(=O)(=O)O)Oc2ccc(-c3ccccc3)cc21. The maximum atomic E-state index is 12.2. The smallest absolute Gasteiger partial charge is 0.283 e. The van der Waals surface area contributed by atoms with E-state index in [0.29, 0.717) is 80.5 Å². The van der Waals surface area contributed by atoms with Crippen molar-refractivity contribution in [1.29, 1.82) is 0 Å². The van der Waals surface area contributed by atoms with E-state index in [0.717, 1.165) is 83.5 Å². The van der Waals surface area contributed by atoms with Crippen molar-refractivity contribution in [1.82, 2.24) is 5.48 Å². The van der Waals surface area contributed by atoms with E-state index in [1.165, 1.54) is 24.0 Å². The second kappa shape index (κ2) is 30.6. The Balaban J connectivity index is 0.000000221. The van der Waals surface area contributed by atoms with E-state index in [2.05, 4.69) is 50.2 Å². The van der Waals surface area contributed by atoms with Crippen molar-refractivity contribution in [3.8, 4) is 39.5 Å². The van der Waals surface area contributed by atoms with Crippen molar-refractivity contribution in [2.24, 2.45) is 0 Å². The molecule has 0 saturated heterocycles. The first-order valence-corrected chi connectivity index (χ1v) is 35.0. The van der Waals surface area contributed by atoms with Crippen molar-refractivity contribution >= 4 is 75.6 Å². The molecule has 2 aliphatic rings. The molecule has 0 atom stereocenters. The fraction of sp³-hybridized carbons (Fsp3) is 0.314. The maximum Gasteiger partial charge on any atom is 0.283 e. The first-order chi connectivity index (χ1) is 42.6. The lowest BCUT2D eigenvalue weighted by Gasteiger charge is -2.20. The number of aryl methyl sites for hydroxylation is 4. The summed E-state index contributed by atoms with van der Waals surface area (Å²) in [5.74, 6) is 3.33. The predicted molar refractivity (Wildman–Crippen MR) is 359 cm³/mol. The number of anilines is 2. The van der Waals surface area contributed by atoms with E-state index in [4.69, 9.17) is 22.9 Å². The molecular formula is C70H81N3O13S3. The number of benzene rings is 7. The lowest BCUT2D eigenvalue weighted by atomic mass is 9.94. The van der Waals surface area contributed by atoms with Gasteiger partial charge in [0.25, 0.3) is 30.4 Å². The van der Waals surface area contributed by atoms with Gasteiger partial charge in [0.05, 0.1) is 35.7 Å². The van der Waals surface area contributed by atoms with Gasteiger partial charge in [-0.2, -0.15) is 35.0 Å². The Morgan fingerprint density at radius 3 is 1.91 bits per heavy atom. The molecule has 0 fully saturated rings. The topological polar surface area (TPSA) is 211 Å². The molecule has 3 heterocycles. The van der Waals surface area contributed by atoms with Crippen molar-refractivity contribution in [3.05, 3.63) is 197 Å². The molecule has 472 valence electrons. The van der Waals surface area contributed by atoms with Gasteiger partial charge in [0, 0.05) is 43.2 Å². The lowest BCUT2D eigenvalue weighted by molar-refractivity contribution is 0.210. The zero-order valence-electron chi connectivity index (χ0n) is 51.9. The second-order valence-electron chi connectivity index (χ2n) is 22.0. The summed E-state index contributed by atoms with van der Waals surface area (Å²) in [5.41, 5.74) is 15.1. The zero-order chi connectivity index (χ0) is 63.9. The number of rotatable bonds is 24. The summed E-state index contributed by atoms with van der Waals surface area (Å²) in [4.78, 5) is 4.09. The van der Waals surface area contributed by atoms with Gasteiger partial charge in [-0.15, -0.1) is 0 Å². The highest BCUT2D eigenvalue weighted by molar-refractivity contribution is 7.86. The van der Waals surface area contributed by atoms with Gasteiger partial charge < -0.3 is 28.4 Å². The van der Waals surface area contributed by atoms with Crippen LogP contribution < -0.4 is 29.5 Å². The number of ether oxygens (including phenoxy) is 3. The van der Waals surface area contributed by atoms with Gasteiger partial charge in [0.15, 0.2) is 11.5 Å². The minimum absolute atomic E-state index is 0.119. The molecule has 89 heavy (non-hydrogen) atoms. The maximum absolute atomic E-state index is 12.2. The van der Waals surface area contributed by atoms with Gasteiger partial charge in [-0.1, -0.05) is 132 Å². The third kappa shape index (κ3) is 18.2. The highest BCUT2D eigenvalue weighted by Crippen LogP contribution is 2.44. The molecule has 16 nitrogen and oxygen atoms in total. The Kier molecular flexibility index (Phi) is 23.1. The van der Waals surface area contributed by atoms with E-state index < -0.39 is 30.4 Å². The minimum atomic E-state index is -4.15. The van der Waals surface area contributed by atoms with Crippen LogP contribution in [0, 0.1) is 13.8 Å². The number of hydrogen-bond acceptors (Lipinski definition) is 14. The van der Waals surface area contributed by atoms with Crippen LogP contribution in [0.5, 0.6) is 17.2 Å². The summed E-state index contributed by atoms with van der Waals surface area (Å²) in [7, 11) is -8.30. The van der Waals surface area contributed by atoms with E-state index in [1.54, 1.807) is 14.0 Å². The Bertz CT molecular complexity index is 4200. The van der Waals surface area contributed by atoms with E-state index in [1.807, 2.05) is 164 Å². The number of nitrogens with zero attached hydrogens (tertiary/aromatic N) is 2. The summed E-state index contributed by atoms with van der Waals surface area (Å²) in [6.45, 7) is 13.2. The minimum Gasteiger partial charge on any atom is -0.497 e. The summed E-state index contributed by atoms with van der Waals surface area (Å²) in [6.07, 6.45) is 11.8. The Labute approximate surface area is 525 Å². The molecule has 2 aliphatic heterocycles. The number of unbranched alkanes of at least 4 members (excludes halogenated alkanes) is 3. The predicted octanol–water partition coefficient (Wildman–Crippen LogP) is 15.7. The van der Waals surface area contributed by atoms with E-state index >= 15 is 0 Å². The molecule has 3 N–H and O–H groups in total. The number of furan rings is 1. The number of hydroxylamine groups is 1. The summed E-state index contributed by atoms with van der Waals surface area (Å²) in [6, 6.07) is 46.1. The van der Waals surface area contributed by atoms with Gasteiger partial charge in [-0.25, -0.2) is 0 Å². The summed E-state index contributed by atoms with van der Waals surface area (Å²) < 4.78 is 118. The quantitative estimate of drug-likeness (QED) is 0.0292. The Morgan fingerprint density at radius 1 is 0.607 bits per heavy atom. The average molecular weight is 1270 g/mol. The molecule has 0 unspecified atom stereocenters. The van der Waals surface area contributed by atoms with Crippen molar-refractivity contribution in [3.63, 3.8) is 0 Å². The van der Waals surface area contributed by atoms with Crippen LogP contribution >= 0.6 is 0 Å². The molecule has 0 aliphatic carbocycles. The monoisotopic (exact) mass is 1270 g/mol. The number of hydrogen-bond donors (Lipinski definition) is 3. The largest absolute Gasteiger partial charge is 0.497 e. The van der Waals surface area contributed by atoms with Crippen LogP contribution in [0.4, 0.5) is 11.4 Å². The van der Waals surface area contributed by atoms with Crippen LogP contribution in [0.2, 0.25) is 0 Å². The fourth-order valence-corrected chi connectivity index (χ4v) is 12.3. The van der Waals surface area contributed by atoms with Crippen molar-refractivity contribution in [2.75, 3.05) is 54.3 Å². The molecule has 8 aromatic rings. The first kappa shape index (κ1) is 67.2. The molecule has 0 spiro atoms.